The first-order chi connectivity index (χ1) is 14.1. The highest BCUT2D eigenvalue weighted by Gasteiger charge is 2.34. The van der Waals surface area contributed by atoms with Crippen molar-refractivity contribution in [2.45, 2.75) is 32.7 Å². The van der Waals surface area contributed by atoms with Gasteiger partial charge in [-0.1, -0.05) is 32.0 Å². The number of hydrogen-bond acceptors (Lipinski definition) is 6. The fourth-order valence-corrected chi connectivity index (χ4v) is 4.37. The van der Waals surface area contributed by atoms with Crippen molar-refractivity contribution in [3.8, 4) is 5.75 Å². The van der Waals surface area contributed by atoms with Crippen LogP contribution in [0.5, 0.6) is 5.75 Å². The molecule has 0 fully saturated rings. The van der Waals surface area contributed by atoms with Crippen molar-refractivity contribution >= 4 is 33.0 Å². The van der Waals surface area contributed by atoms with Gasteiger partial charge in [-0.3, -0.25) is 19.2 Å². The summed E-state index contributed by atoms with van der Waals surface area (Å²) in [6, 6.07) is 9.70. The molecule has 0 spiro atoms. The van der Waals surface area contributed by atoms with E-state index in [0.717, 1.165) is 22.2 Å². The zero-order chi connectivity index (χ0) is 22.5. The van der Waals surface area contributed by atoms with Gasteiger partial charge in [0.05, 0.1) is 18.3 Å². The molecule has 0 saturated heterocycles. The van der Waals surface area contributed by atoms with Crippen LogP contribution in [-0.4, -0.2) is 38.7 Å². The Morgan fingerprint density at radius 1 is 1.23 bits per heavy atom. The van der Waals surface area contributed by atoms with Crippen LogP contribution in [0.15, 0.2) is 42.5 Å². The summed E-state index contributed by atoms with van der Waals surface area (Å²) in [7, 11) is -2.66. The third-order valence-electron chi connectivity index (χ3n) is 4.60. The molecule has 0 aliphatic heterocycles. The molecule has 10 heteroatoms. The molecule has 0 heterocycles. The van der Waals surface area contributed by atoms with E-state index in [1.165, 1.54) is 19.2 Å². The second-order valence-corrected chi connectivity index (χ2v) is 8.46. The van der Waals surface area contributed by atoms with Gasteiger partial charge in [0.15, 0.2) is 0 Å². The number of rotatable bonds is 9. The van der Waals surface area contributed by atoms with Gasteiger partial charge in [0.2, 0.25) is 15.9 Å². The Morgan fingerprint density at radius 3 is 2.43 bits per heavy atom. The first-order valence-corrected chi connectivity index (χ1v) is 11.2. The minimum atomic E-state index is -3.99. The number of methoxy groups -OCH3 is 1. The van der Waals surface area contributed by atoms with E-state index >= 15 is 0 Å². The molecule has 1 atom stereocenters. The molecule has 0 unspecified atom stereocenters. The number of amides is 1. The fourth-order valence-electron chi connectivity index (χ4n) is 3.17. The molecule has 0 saturated carbocycles. The predicted molar refractivity (Wildman–Crippen MR) is 115 cm³/mol. The Kier molecular flexibility index (Phi) is 7.38. The lowest BCUT2D eigenvalue weighted by Crippen LogP contribution is -2.47. The fraction of sp³-hybridized carbons (Fsp3) is 0.350. The average Bonchev–Trinajstić information content (AvgIpc) is 2.70. The van der Waals surface area contributed by atoms with Gasteiger partial charge in [-0.05, 0) is 30.5 Å². The highest BCUT2D eigenvalue weighted by molar-refractivity contribution is 7.92. The molecule has 0 aliphatic carbocycles. The first-order valence-electron chi connectivity index (χ1n) is 9.34. The van der Waals surface area contributed by atoms with E-state index in [2.05, 4.69) is 5.32 Å². The Bertz CT molecular complexity index is 1040. The standard InChI is InChI=1S/C20H25N3O6S/c1-5-14-9-7-8-10-16(14)21-20(24)17(6-2)22(30(4,27)28)18-13-15(23(25)26)11-12-19(18)29-3/h7-13,17H,5-6H2,1-4H3,(H,21,24)/t17-/m1/s1. The van der Waals surface area contributed by atoms with Crippen LogP contribution in [-0.2, 0) is 21.2 Å². The number of carbonyl (C=O) groups excluding carboxylic acids is 1. The number of carbonyl (C=O) groups is 1. The molecule has 0 aliphatic rings. The normalized spacial score (nSPS) is 12.1. The SMILES string of the molecule is CCc1ccccc1NC(=O)[C@@H](CC)N(c1cc([N+](=O)[O-])ccc1OC)S(C)(=O)=O. The van der Waals surface area contributed by atoms with E-state index in [-0.39, 0.29) is 23.5 Å². The Hall–Kier alpha value is -3.14. The number of nitrogens with zero attached hydrogens (tertiary/aromatic N) is 2. The first kappa shape index (κ1) is 23.1. The quantitative estimate of drug-likeness (QED) is 0.477. The lowest BCUT2D eigenvalue weighted by molar-refractivity contribution is -0.384. The lowest BCUT2D eigenvalue weighted by atomic mass is 10.1. The molecule has 2 rings (SSSR count). The smallest absolute Gasteiger partial charge is 0.271 e. The highest BCUT2D eigenvalue weighted by Crippen LogP contribution is 2.36. The molecule has 2 aromatic carbocycles. The minimum Gasteiger partial charge on any atom is -0.495 e. The minimum absolute atomic E-state index is 0.0695. The third-order valence-corrected chi connectivity index (χ3v) is 5.76. The number of nitro groups is 1. The van der Waals surface area contributed by atoms with Gasteiger partial charge in [-0.2, -0.15) is 0 Å². The maximum absolute atomic E-state index is 13.1. The monoisotopic (exact) mass is 435 g/mol. The zero-order valence-electron chi connectivity index (χ0n) is 17.3. The maximum atomic E-state index is 13.1. The summed E-state index contributed by atoms with van der Waals surface area (Å²) >= 11 is 0. The summed E-state index contributed by atoms with van der Waals surface area (Å²) in [4.78, 5) is 23.7. The van der Waals surface area contributed by atoms with E-state index in [9.17, 15) is 23.3 Å². The molecule has 0 bridgehead atoms. The number of non-ortho nitro benzene ring substituents is 1. The van der Waals surface area contributed by atoms with Crippen molar-refractivity contribution in [2.75, 3.05) is 23.0 Å². The van der Waals surface area contributed by atoms with Crippen molar-refractivity contribution in [2.24, 2.45) is 0 Å². The number of benzene rings is 2. The molecular weight excluding hydrogens is 410 g/mol. The molecule has 1 amide bonds. The molecule has 9 nitrogen and oxygen atoms in total. The Labute approximate surface area is 175 Å². The summed E-state index contributed by atoms with van der Waals surface area (Å²) < 4.78 is 31.5. The van der Waals surface area contributed by atoms with Gasteiger partial charge in [-0.25, -0.2) is 8.42 Å². The number of nitro benzene ring substituents is 1. The van der Waals surface area contributed by atoms with Crippen LogP contribution in [0.25, 0.3) is 0 Å². The van der Waals surface area contributed by atoms with Gasteiger partial charge in [0.1, 0.15) is 17.5 Å². The van der Waals surface area contributed by atoms with Crippen LogP contribution in [0.1, 0.15) is 25.8 Å². The molecule has 1 N–H and O–H groups in total. The number of para-hydroxylation sites is 1. The second kappa shape index (κ2) is 9.57. The predicted octanol–water partition coefficient (Wildman–Crippen LogP) is 3.35. The van der Waals surface area contributed by atoms with Crippen LogP contribution in [0.4, 0.5) is 17.1 Å². The summed E-state index contributed by atoms with van der Waals surface area (Å²) in [5.41, 5.74) is 1.11. The largest absolute Gasteiger partial charge is 0.495 e. The summed E-state index contributed by atoms with van der Waals surface area (Å²) in [6.07, 6.45) is 1.77. The molecule has 0 radical (unpaired) electrons. The summed E-state index contributed by atoms with van der Waals surface area (Å²) in [6.45, 7) is 3.61. The van der Waals surface area contributed by atoms with E-state index in [4.69, 9.17) is 4.74 Å². The van der Waals surface area contributed by atoms with Gasteiger partial charge in [0, 0.05) is 17.8 Å². The van der Waals surface area contributed by atoms with E-state index in [1.807, 2.05) is 19.1 Å². The van der Waals surface area contributed by atoms with Gasteiger partial charge < -0.3 is 10.1 Å². The average molecular weight is 436 g/mol. The van der Waals surface area contributed by atoms with Crippen molar-refractivity contribution in [1.29, 1.82) is 0 Å². The second-order valence-electron chi connectivity index (χ2n) is 6.60. The van der Waals surface area contributed by atoms with Crippen molar-refractivity contribution < 1.29 is 22.9 Å². The van der Waals surface area contributed by atoms with Crippen molar-refractivity contribution in [1.82, 2.24) is 0 Å². The topological polar surface area (TPSA) is 119 Å². The number of ether oxygens (including phenoxy) is 1. The number of sulfonamides is 1. The van der Waals surface area contributed by atoms with E-state index in [0.29, 0.717) is 12.1 Å². The molecular formula is C20H25N3O6S. The van der Waals surface area contributed by atoms with Crippen LogP contribution >= 0.6 is 0 Å². The number of anilines is 2. The molecule has 162 valence electrons. The molecule has 2 aromatic rings. The number of hydrogen-bond donors (Lipinski definition) is 1. The Balaban J connectivity index is 2.56. The third kappa shape index (κ3) is 5.07. The number of nitrogens with one attached hydrogen (secondary N) is 1. The van der Waals surface area contributed by atoms with Crippen LogP contribution in [0.2, 0.25) is 0 Å². The summed E-state index contributed by atoms with van der Waals surface area (Å²) in [5, 5.41) is 14.0. The highest BCUT2D eigenvalue weighted by atomic mass is 32.2. The lowest BCUT2D eigenvalue weighted by Gasteiger charge is -2.31. The van der Waals surface area contributed by atoms with Gasteiger partial charge in [0.25, 0.3) is 5.69 Å². The zero-order valence-corrected chi connectivity index (χ0v) is 18.1. The maximum Gasteiger partial charge on any atom is 0.271 e. The van der Waals surface area contributed by atoms with E-state index in [1.54, 1.807) is 19.1 Å². The van der Waals surface area contributed by atoms with Crippen LogP contribution in [0.3, 0.4) is 0 Å². The molecule has 30 heavy (non-hydrogen) atoms. The summed E-state index contributed by atoms with van der Waals surface area (Å²) in [5.74, 6) is -0.441. The van der Waals surface area contributed by atoms with E-state index < -0.39 is 26.9 Å². The van der Waals surface area contributed by atoms with Crippen molar-refractivity contribution in [3.63, 3.8) is 0 Å². The number of aryl methyl sites for hydroxylation is 1. The van der Waals surface area contributed by atoms with Crippen LogP contribution < -0.4 is 14.4 Å². The molecule has 0 aromatic heterocycles. The van der Waals surface area contributed by atoms with Gasteiger partial charge in [-0.15, -0.1) is 0 Å². The van der Waals surface area contributed by atoms with Crippen molar-refractivity contribution in [3.05, 3.63) is 58.1 Å². The Morgan fingerprint density at radius 2 is 1.90 bits per heavy atom. The van der Waals surface area contributed by atoms with Crippen LogP contribution in [0, 0.1) is 10.1 Å². The van der Waals surface area contributed by atoms with Gasteiger partial charge >= 0.3 is 0 Å².